The van der Waals surface area contributed by atoms with E-state index >= 15 is 0 Å². The Morgan fingerprint density at radius 1 is 1.50 bits per heavy atom. The van der Waals surface area contributed by atoms with E-state index in [9.17, 15) is 4.79 Å². The Balaban J connectivity index is 2.50. The molecule has 0 saturated carbocycles. The predicted octanol–water partition coefficient (Wildman–Crippen LogP) is 1.36. The first kappa shape index (κ1) is 12.4. The standard InChI is InChI=1S/C12H13N3O2S/c1-8-4-5-10(11(13)14-17)12(16)15(8)7-9-3-2-6-18-9/h2-6,17H,7H2,1H3,(H2,13,14). The van der Waals surface area contributed by atoms with Gasteiger partial charge in [0.05, 0.1) is 12.1 Å². The van der Waals surface area contributed by atoms with Gasteiger partial charge in [-0.25, -0.2) is 0 Å². The van der Waals surface area contributed by atoms with Crippen molar-refractivity contribution >= 4 is 17.2 Å². The quantitative estimate of drug-likeness (QED) is 0.380. The summed E-state index contributed by atoms with van der Waals surface area (Å²) in [7, 11) is 0. The lowest BCUT2D eigenvalue weighted by atomic mass is 10.2. The number of hydrogen-bond donors (Lipinski definition) is 2. The number of nitrogens with zero attached hydrogens (tertiary/aromatic N) is 2. The Morgan fingerprint density at radius 3 is 2.89 bits per heavy atom. The Hall–Kier alpha value is -2.08. The fraction of sp³-hybridized carbons (Fsp3) is 0.167. The van der Waals surface area contributed by atoms with Crippen LogP contribution in [-0.2, 0) is 6.54 Å². The maximum absolute atomic E-state index is 12.2. The molecule has 0 saturated heterocycles. The van der Waals surface area contributed by atoms with Crippen molar-refractivity contribution in [2.24, 2.45) is 10.9 Å². The number of rotatable bonds is 3. The SMILES string of the molecule is Cc1ccc(/C(N)=N/O)c(=O)n1Cc1cccs1. The van der Waals surface area contributed by atoms with Crippen molar-refractivity contribution in [1.82, 2.24) is 4.57 Å². The number of hydrogen-bond acceptors (Lipinski definition) is 4. The Kier molecular flexibility index (Phi) is 3.47. The Labute approximate surface area is 108 Å². The molecule has 2 aromatic heterocycles. The third kappa shape index (κ3) is 2.28. The van der Waals surface area contributed by atoms with E-state index in [-0.39, 0.29) is 17.0 Å². The predicted molar refractivity (Wildman–Crippen MR) is 71.4 cm³/mol. The summed E-state index contributed by atoms with van der Waals surface area (Å²) in [4.78, 5) is 13.3. The molecule has 0 atom stereocenters. The molecule has 94 valence electrons. The van der Waals surface area contributed by atoms with Crippen LogP contribution < -0.4 is 11.3 Å². The number of thiophene rings is 1. The second-order valence-corrected chi connectivity index (χ2v) is 4.88. The second kappa shape index (κ2) is 5.05. The van der Waals surface area contributed by atoms with Crippen LogP contribution in [0.1, 0.15) is 16.1 Å². The lowest BCUT2D eigenvalue weighted by Gasteiger charge is -2.10. The molecule has 2 rings (SSSR count). The molecule has 0 unspecified atom stereocenters. The molecule has 5 nitrogen and oxygen atoms in total. The van der Waals surface area contributed by atoms with Gasteiger partial charge in [-0.1, -0.05) is 11.2 Å². The van der Waals surface area contributed by atoms with Crippen LogP contribution in [0.3, 0.4) is 0 Å². The van der Waals surface area contributed by atoms with Crippen LogP contribution in [0.15, 0.2) is 39.6 Å². The number of aryl methyl sites for hydroxylation is 1. The molecule has 0 fully saturated rings. The topological polar surface area (TPSA) is 80.6 Å². The Morgan fingerprint density at radius 2 is 2.28 bits per heavy atom. The molecule has 2 heterocycles. The van der Waals surface area contributed by atoms with Gasteiger partial charge in [-0.05, 0) is 30.5 Å². The zero-order valence-corrected chi connectivity index (χ0v) is 10.6. The van der Waals surface area contributed by atoms with Gasteiger partial charge < -0.3 is 15.5 Å². The first-order valence-electron chi connectivity index (χ1n) is 5.34. The molecular weight excluding hydrogens is 250 g/mol. The van der Waals surface area contributed by atoms with Crippen LogP contribution in [-0.4, -0.2) is 15.6 Å². The number of amidine groups is 1. The van der Waals surface area contributed by atoms with Gasteiger partial charge in [0, 0.05) is 10.6 Å². The van der Waals surface area contributed by atoms with Crippen LogP contribution in [0.25, 0.3) is 0 Å². The summed E-state index contributed by atoms with van der Waals surface area (Å²) in [5, 5.41) is 13.5. The summed E-state index contributed by atoms with van der Waals surface area (Å²) in [5.74, 6) is -0.167. The highest BCUT2D eigenvalue weighted by molar-refractivity contribution is 7.09. The van der Waals surface area contributed by atoms with E-state index in [1.165, 1.54) is 0 Å². The van der Waals surface area contributed by atoms with Gasteiger partial charge in [-0.15, -0.1) is 11.3 Å². The van der Waals surface area contributed by atoms with Crippen molar-refractivity contribution in [3.63, 3.8) is 0 Å². The van der Waals surface area contributed by atoms with E-state index in [4.69, 9.17) is 10.9 Å². The van der Waals surface area contributed by atoms with Crippen molar-refractivity contribution in [3.05, 3.63) is 56.1 Å². The van der Waals surface area contributed by atoms with Crippen molar-refractivity contribution in [1.29, 1.82) is 0 Å². The summed E-state index contributed by atoms with van der Waals surface area (Å²) in [5.41, 5.74) is 6.27. The van der Waals surface area contributed by atoms with Gasteiger partial charge in [0.25, 0.3) is 5.56 Å². The maximum atomic E-state index is 12.2. The Bertz CT molecular complexity index is 629. The van der Waals surface area contributed by atoms with Gasteiger partial charge in [0.15, 0.2) is 5.84 Å². The average Bonchev–Trinajstić information content (AvgIpc) is 2.86. The largest absolute Gasteiger partial charge is 0.409 e. The monoisotopic (exact) mass is 263 g/mol. The zero-order chi connectivity index (χ0) is 13.1. The van der Waals surface area contributed by atoms with E-state index in [1.807, 2.05) is 24.4 Å². The van der Waals surface area contributed by atoms with Crippen molar-refractivity contribution in [2.45, 2.75) is 13.5 Å². The van der Waals surface area contributed by atoms with Gasteiger partial charge in [0.2, 0.25) is 0 Å². The van der Waals surface area contributed by atoms with E-state index in [1.54, 1.807) is 28.0 Å². The van der Waals surface area contributed by atoms with E-state index < -0.39 is 0 Å². The molecule has 18 heavy (non-hydrogen) atoms. The molecule has 0 amide bonds. The van der Waals surface area contributed by atoms with Crippen LogP contribution in [0.5, 0.6) is 0 Å². The molecule has 0 aliphatic rings. The average molecular weight is 263 g/mol. The number of pyridine rings is 1. The van der Waals surface area contributed by atoms with Crippen LogP contribution >= 0.6 is 11.3 Å². The number of nitrogens with two attached hydrogens (primary N) is 1. The molecule has 0 aliphatic carbocycles. The molecule has 0 aliphatic heterocycles. The normalized spacial score (nSPS) is 11.7. The molecule has 2 aromatic rings. The third-order valence-electron chi connectivity index (χ3n) is 2.67. The molecule has 0 aromatic carbocycles. The molecule has 3 N–H and O–H groups in total. The smallest absolute Gasteiger partial charge is 0.262 e. The third-order valence-corrected chi connectivity index (χ3v) is 3.53. The second-order valence-electron chi connectivity index (χ2n) is 3.84. The highest BCUT2D eigenvalue weighted by Gasteiger charge is 2.10. The first-order chi connectivity index (χ1) is 8.63. The van der Waals surface area contributed by atoms with Crippen LogP contribution in [0.2, 0.25) is 0 Å². The van der Waals surface area contributed by atoms with E-state index in [0.29, 0.717) is 6.54 Å². The van der Waals surface area contributed by atoms with Gasteiger partial charge in [0.1, 0.15) is 0 Å². The number of oxime groups is 1. The fourth-order valence-corrected chi connectivity index (χ4v) is 2.37. The van der Waals surface area contributed by atoms with Crippen molar-refractivity contribution < 1.29 is 5.21 Å². The maximum Gasteiger partial charge on any atom is 0.262 e. The summed E-state index contributed by atoms with van der Waals surface area (Å²) in [6.07, 6.45) is 0. The van der Waals surface area contributed by atoms with Gasteiger partial charge >= 0.3 is 0 Å². The van der Waals surface area contributed by atoms with Crippen LogP contribution in [0.4, 0.5) is 0 Å². The van der Waals surface area contributed by atoms with Gasteiger partial charge in [-0.2, -0.15) is 0 Å². The molecule has 6 heteroatoms. The fourth-order valence-electron chi connectivity index (χ4n) is 1.67. The van der Waals surface area contributed by atoms with E-state index in [2.05, 4.69) is 5.16 Å². The molecule has 0 bridgehead atoms. The minimum atomic E-state index is -0.251. The minimum absolute atomic E-state index is 0.167. The molecular formula is C12H13N3O2S. The highest BCUT2D eigenvalue weighted by Crippen LogP contribution is 2.11. The highest BCUT2D eigenvalue weighted by atomic mass is 32.1. The summed E-state index contributed by atoms with van der Waals surface area (Å²) >= 11 is 1.58. The van der Waals surface area contributed by atoms with Crippen molar-refractivity contribution in [2.75, 3.05) is 0 Å². The zero-order valence-electron chi connectivity index (χ0n) is 9.83. The van der Waals surface area contributed by atoms with Crippen LogP contribution in [0, 0.1) is 6.92 Å². The first-order valence-corrected chi connectivity index (χ1v) is 6.22. The van der Waals surface area contributed by atoms with Crippen molar-refractivity contribution in [3.8, 4) is 0 Å². The number of aromatic nitrogens is 1. The molecule has 0 radical (unpaired) electrons. The molecule has 0 spiro atoms. The summed E-state index contributed by atoms with van der Waals surface area (Å²) in [6, 6.07) is 7.25. The minimum Gasteiger partial charge on any atom is -0.409 e. The van der Waals surface area contributed by atoms with Gasteiger partial charge in [-0.3, -0.25) is 4.79 Å². The summed E-state index contributed by atoms with van der Waals surface area (Å²) in [6.45, 7) is 2.35. The summed E-state index contributed by atoms with van der Waals surface area (Å²) < 4.78 is 1.61. The lowest BCUT2D eigenvalue weighted by Crippen LogP contribution is -2.31. The van der Waals surface area contributed by atoms with E-state index in [0.717, 1.165) is 10.6 Å². The lowest BCUT2D eigenvalue weighted by molar-refractivity contribution is 0.318.